The third-order valence-electron chi connectivity index (χ3n) is 6.15. The number of carbonyl (C=O) groups is 2. The van der Waals surface area contributed by atoms with Gasteiger partial charge in [0.05, 0.1) is 26.4 Å². The largest absolute Gasteiger partial charge is 0.469 e. The predicted molar refractivity (Wildman–Crippen MR) is 146 cm³/mol. The molecule has 212 valence electrons. The summed E-state index contributed by atoms with van der Waals surface area (Å²) in [6.07, 6.45) is 19.4. The van der Waals surface area contributed by atoms with Crippen LogP contribution in [0.25, 0.3) is 0 Å². The minimum Gasteiger partial charge on any atom is -0.469 e. The fourth-order valence-electron chi connectivity index (χ4n) is 3.63. The molecule has 0 bridgehead atoms. The van der Waals surface area contributed by atoms with Gasteiger partial charge in [0.2, 0.25) is 0 Å². The molecule has 0 aromatic carbocycles. The molecule has 0 amide bonds. The van der Waals surface area contributed by atoms with E-state index in [2.05, 4.69) is 22.6 Å². The Morgan fingerprint density at radius 3 is 1.86 bits per heavy atom. The molecule has 0 heterocycles. The van der Waals surface area contributed by atoms with Gasteiger partial charge in [-0.3, -0.25) is 9.59 Å². The molecule has 0 fully saturated rings. The Kier molecular flexibility index (Phi) is 25.6. The van der Waals surface area contributed by atoms with Gasteiger partial charge >= 0.3 is 11.9 Å². The molecule has 0 spiro atoms. The maximum Gasteiger partial charge on any atom is 0.306 e. The van der Waals surface area contributed by atoms with Crippen molar-refractivity contribution in [2.45, 2.75) is 109 Å². The van der Waals surface area contributed by atoms with Gasteiger partial charge in [-0.05, 0) is 52.6 Å². The lowest BCUT2D eigenvalue weighted by atomic mass is 10.1. The Morgan fingerprint density at radius 2 is 1.28 bits per heavy atom. The molecule has 0 aromatic heterocycles. The molecule has 0 radical (unpaired) electrons. The highest BCUT2D eigenvalue weighted by Gasteiger charge is 2.12. The van der Waals surface area contributed by atoms with E-state index in [0.29, 0.717) is 45.9 Å². The second-order valence-corrected chi connectivity index (χ2v) is 9.68. The van der Waals surface area contributed by atoms with Crippen LogP contribution in [0.4, 0.5) is 0 Å². The minimum absolute atomic E-state index is 0.116. The molecule has 0 aliphatic heterocycles. The van der Waals surface area contributed by atoms with Crippen LogP contribution >= 0.6 is 0 Å². The van der Waals surface area contributed by atoms with E-state index in [1.807, 2.05) is 20.2 Å². The first-order valence-corrected chi connectivity index (χ1v) is 14.2. The van der Waals surface area contributed by atoms with E-state index in [4.69, 9.17) is 14.2 Å². The maximum atomic E-state index is 11.8. The van der Waals surface area contributed by atoms with Gasteiger partial charge in [-0.15, -0.1) is 0 Å². The van der Waals surface area contributed by atoms with Gasteiger partial charge in [0.1, 0.15) is 6.61 Å². The summed E-state index contributed by atoms with van der Waals surface area (Å²) in [5, 5.41) is 0. The number of esters is 2. The van der Waals surface area contributed by atoms with Crippen molar-refractivity contribution in [3.63, 3.8) is 0 Å². The van der Waals surface area contributed by atoms with Crippen LogP contribution in [0.2, 0.25) is 0 Å². The molecule has 0 saturated heterocycles. The van der Waals surface area contributed by atoms with Crippen LogP contribution in [0.3, 0.4) is 0 Å². The molecule has 1 atom stereocenters. The number of unbranched alkanes of at least 4 members (excludes halogenated alkanes) is 10. The molecule has 0 N–H and O–H groups in total. The number of allylic oxidation sites excluding steroid dienone is 1. The zero-order chi connectivity index (χ0) is 26.7. The van der Waals surface area contributed by atoms with E-state index >= 15 is 0 Å². The van der Waals surface area contributed by atoms with Crippen LogP contribution in [-0.2, 0) is 28.5 Å². The lowest BCUT2D eigenvalue weighted by molar-refractivity contribution is -0.142. The summed E-state index contributed by atoms with van der Waals surface area (Å²) >= 11 is 0. The SMILES string of the molecule is CCCCCCCCC=CCOC(=O)CCCCCOCC(COCCCCCC(=O)OC)N(C)C. The van der Waals surface area contributed by atoms with E-state index < -0.39 is 0 Å². The summed E-state index contributed by atoms with van der Waals surface area (Å²) in [6, 6.07) is 0.212. The molecule has 1 unspecified atom stereocenters. The third-order valence-corrected chi connectivity index (χ3v) is 6.15. The van der Waals surface area contributed by atoms with Crippen LogP contribution in [0.1, 0.15) is 103 Å². The number of ether oxygens (including phenoxy) is 4. The van der Waals surface area contributed by atoms with Crippen LogP contribution in [0.5, 0.6) is 0 Å². The first kappa shape index (κ1) is 34.6. The van der Waals surface area contributed by atoms with Gasteiger partial charge in [0, 0.05) is 26.1 Å². The van der Waals surface area contributed by atoms with Gasteiger partial charge in [0.25, 0.3) is 0 Å². The summed E-state index contributed by atoms with van der Waals surface area (Å²) in [7, 11) is 5.48. The number of hydrogen-bond donors (Lipinski definition) is 0. The first-order valence-electron chi connectivity index (χ1n) is 14.2. The quantitative estimate of drug-likeness (QED) is 0.0786. The lowest BCUT2D eigenvalue weighted by Gasteiger charge is -2.24. The second-order valence-electron chi connectivity index (χ2n) is 9.68. The van der Waals surface area contributed by atoms with Crippen molar-refractivity contribution in [2.75, 3.05) is 54.2 Å². The van der Waals surface area contributed by atoms with E-state index in [0.717, 1.165) is 44.9 Å². The second kappa shape index (κ2) is 26.6. The smallest absolute Gasteiger partial charge is 0.306 e. The highest BCUT2D eigenvalue weighted by atomic mass is 16.5. The van der Waals surface area contributed by atoms with Crippen LogP contribution < -0.4 is 0 Å². The number of likely N-dealkylation sites (N-methyl/N-ethyl adjacent to an activating group) is 1. The highest BCUT2D eigenvalue weighted by molar-refractivity contribution is 5.69. The van der Waals surface area contributed by atoms with Crippen molar-refractivity contribution in [3.8, 4) is 0 Å². The molecular formula is C29H55NO6. The molecule has 36 heavy (non-hydrogen) atoms. The summed E-state index contributed by atoms with van der Waals surface area (Å²) in [6.45, 7) is 5.26. The average Bonchev–Trinajstić information content (AvgIpc) is 2.86. The molecule has 0 aliphatic rings. The van der Waals surface area contributed by atoms with Gasteiger partial charge in [-0.25, -0.2) is 0 Å². The monoisotopic (exact) mass is 513 g/mol. The number of nitrogens with zero attached hydrogens (tertiary/aromatic N) is 1. The van der Waals surface area contributed by atoms with E-state index in [1.165, 1.54) is 45.6 Å². The normalized spacial score (nSPS) is 12.4. The van der Waals surface area contributed by atoms with E-state index in [1.54, 1.807) is 0 Å². The van der Waals surface area contributed by atoms with Gasteiger partial charge in [0.15, 0.2) is 0 Å². The fraction of sp³-hybridized carbons (Fsp3) is 0.862. The van der Waals surface area contributed by atoms with Gasteiger partial charge in [-0.1, -0.05) is 64.0 Å². The topological polar surface area (TPSA) is 74.3 Å². The van der Waals surface area contributed by atoms with Crippen molar-refractivity contribution in [1.29, 1.82) is 0 Å². The zero-order valence-electron chi connectivity index (χ0n) is 23.8. The first-order chi connectivity index (χ1) is 17.5. The van der Waals surface area contributed by atoms with Crippen molar-refractivity contribution in [1.82, 2.24) is 4.90 Å². The Morgan fingerprint density at radius 1 is 0.722 bits per heavy atom. The fourth-order valence-corrected chi connectivity index (χ4v) is 3.63. The molecule has 0 saturated carbocycles. The Labute approximate surface area is 221 Å². The van der Waals surface area contributed by atoms with E-state index in [-0.39, 0.29) is 18.0 Å². The zero-order valence-corrected chi connectivity index (χ0v) is 23.8. The number of methoxy groups -OCH3 is 1. The summed E-state index contributed by atoms with van der Waals surface area (Å²) < 4.78 is 21.5. The number of hydrogen-bond acceptors (Lipinski definition) is 7. The van der Waals surface area contributed by atoms with Crippen molar-refractivity contribution in [3.05, 3.63) is 12.2 Å². The molecule has 7 nitrogen and oxygen atoms in total. The predicted octanol–water partition coefficient (Wildman–Crippen LogP) is 6.09. The van der Waals surface area contributed by atoms with Gasteiger partial charge < -0.3 is 23.8 Å². The average molecular weight is 514 g/mol. The Hall–Kier alpha value is -1.44. The van der Waals surface area contributed by atoms with Crippen LogP contribution in [0, 0.1) is 0 Å². The maximum absolute atomic E-state index is 11.8. The number of carbonyl (C=O) groups excluding carboxylic acids is 2. The van der Waals surface area contributed by atoms with Crippen LogP contribution in [0.15, 0.2) is 12.2 Å². The summed E-state index contributed by atoms with van der Waals surface area (Å²) in [4.78, 5) is 25.0. The van der Waals surface area contributed by atoms with Crippen molar-refractivity contribution >= 4 is 11.9 Å². The summed E-state index contributed by atoms with van der Waals surface area (Å²) in [5.74, 6) is -0.266. The standard InChI is InChI=1S/C29H55NO6/c1-5-6-7-8-9-10-11-12-19-24-36-29(32)21-16-14-18-23-35-26-27(30(2)3)25-34-22-17-13-15-20-28(31)33-4/h12,19,27H,5-11,13-18,20-26H2,1-4H3. The highest BCUT2D eigenvalue weighted by Crippen LogP contribution is 2.08. The minimum atomic E-state index is -0.151. The molecule has 0 aromatic rings. The molecule has 7 heteroatoms. The van der Waals surface area contributed by atoms with Crippen molar-refractivity contribution in [2.24, 2.45) is 0 Å². The third kappa shape index (κ3) is 24.3. The molecule has 0 aliphatic carbocycles. The number of rotatable bonds is 26. The summed E-state index contributed by atoms with van der Waals surface area (Å²) in [5.41, 5.74) is 0. The molecule has 0 rings (SSSR count). The Balaban J connectivity index is 3.58. The molecular weight excluding hydrogens is 458 g/mol. The van der Waals surface area contributed by atoms with Crippen LogP contribution in [-0.4, -0.2) is 77.1 Å². The lowest BCUT2D eigenvalue weighted by Crippen LogP contribution is -2.37. The van der Waals surface area contributed by atoms with Gasteiger partial charge in [-0.2, -0.15) is 0 Å². The Bertz CT molecular complexity index is 538. The van der Waals surface area contributed by atoms with Crippen molar-refractivity contribution < 1.29 is 28.5 Å². The van der Waals surface area contributed by atoms with E-state index in [9.17, 15) is 9.59 Å².